The predicted molar refractivity (Wildman–Crippen MR) is 46.6 cm³/mol. The first-order valence-electron chi connectivity index (χ1n) is 4.61. The Morgan fingerprint density at radius 3 is 2.50 bits per heavy atom. The third-order valence-corrected chi connectivity index (χ3v) is 2.46. The van der Waals surface area contributed by atoms with Gasteiger partial charge in [-0.3, -0.25) is 4.79 Å². The topological polar surface area (TPSA) is 49.3 Å². The summed E-state index contributed by atoms with van der Waals surface area (Å²) in [6.45, 7) is 2.32. The maximum Gasteiger partial charge on any atom is 0.216 e. The molecule has 3 heteroatoms. The SMILES string of the molecule is CC(=O)NCC1CCC(O)CC1. The standard InChI is InChI=1S/C9H17NO2/c1-7(11)10-6-8-2-4-9(12)5-3-8/h8-9,12H,2-6H2,1H3,(H,10,11). The van der Waals surface area contributed by atoms with Crippen molar-refractivity contribution in [2.45, 2.75) is 38.7 Å². The van der Waals surface area contributed by atoms with Gasteiger partial charge in [0, 0.05) is 13.5 Å². The van der Waals surface area contributed by atoms with Crippen LogP contribution in [0.3, 0.4) is 0 Å². The highest BCUT2D eigenvalue weighted by molar-refractivity contribution is 5.72. The second-order valence-corrected chi connectivity index (χ2v) is 3.61. The molecule has 0 heterocycles. The van der Waals surface area contributed by atoms with Crippen LogP contribution >= 0.6 is 0 Å². The lowest BCUT2D eigenvalue weighted by atomic mass is 9.87. The van der Waals surface area contributed by atoms with Crippen molar-refractivity contribution in [2.75, 3.05) is 6.54 Å². The fraction of sp³-hybridized carbons (Fsp3) is 0.889. The minimum atomic E-state index is -0.0985. The van der Waals surface area contributed by atoms with Crippen molar-refractivity contribution >= 4 is 5.91 Å². The summed E-state index contributed by atoms with van der Waals surface area (Å²) < 4.78 is 0. The van der Waals surface area contributed by atoms with E-state index in [9.17, 15) is 9.90 Å². The van der Waals surface area contributed by atoms with Crippen LogP contribution < -0.4 is 5.32 Å². The summed E-state index contributed by atoms with van der Waals surface area (Å²) in [6, 6.07) is 0. The molecule has 1 aliphatic rings. The molecule has 0 atom stereocenters. The van der Waals surface area contributed by atoms with Crippen molar-refractivity contribution in [3.63, 3.8) is 0 Å². The summed E-state index contributed by atoms with van der Waals surface area (Å²) in [5, 5.41) is 12.0. The van der Waals surface area contributed by atoms with E-state index in [1.54, 1.807) is 0 Å². The average Bonchev–Trinajstić information content (AvgIpc) is 2.03. The van der Waals surface area contributed by atoms with Crippen LogP contribution in [0.25, 0.3) is 0 Å². The van der Waals surface area contributed by atoms with Crippen molar-refractivity contribution in [2.24, 2.45) is 5.92 Å². The van der Waals surface area contributed by atoms with Crippen LogP contribution in [-0.4, -0.2) is 23.7 Å². The van der Waals surface area contributed by atoms with Crippen molar-refractivity contribution in [3.8, 4) is 0 Å². The lowest BCUT2D eigenvalue weighted by molar-refractivity contribution is -0.119. The second kappa shape index (κ2) is 4.45. The van der Waals surface area contributed by atoms with Gasteiger partial charge < -0.3 is 10.4 Å². The number of rotatable bonds is 2. The van der Waals surface area contributed by atoms with Crippen molar-refractivity contribution < 1.29 is 9.90 Å². The van der Waals surface area contributed by atoms with Gasteiger partial charge in [0.2, 0.25) is 5.91 Å². The van der Waals surface area contributed by atoms with E-state index in [0.29, 0.717) is 5.92 Å². The monoisotopic (exact) mass is 171 g/mol. The number of hydrogen-bond donors (Lipinski definition) is 2. The van der Waals surface area contributed by atoms with Gasteiger partial charge in [-0.15, -0.1) is 0 Å². The lowest BCUT2D eigenvalue weighted by Gasteiger charge is -2.25. The third-order valence-electron chi connectivity index (χ3n) is 2.46. The Hall–Kier alpha value is -0.570. The molecule has 2 N–H and O–H groups in total. The minimum absolute atomic E-state index is 0.0427. The lowest BCUT2D eigenvalue weighted by Crippen LogP contribution is -2.30. The Morgan fingerprint density at radius 1 is 1.42 bits per heavy atom. The van der Waals surface area contributed by atoms with Crippen molar-refractivity contribution in [1.82, 2.24) is 5.32 Å². The maximum absolute atomic E-state index is 10.6. The van der Waals surface area contributed by atoms with E-state index in [1.165, 1.54) is 6.92 Å². The fourth-order valence-electron chi connectivity index (χ4n) is 1.64. The van der Waals surface area contributed by atoms with Crippen molar-refractivity contribution in [1.29, 1.82) is 0 Å². The van der Waals surface area contributed by atoms with Crippen LogP contribution in [0.15, 0.2) is 0 Å². The molecule has 1 aliphatic carbocycles. The Labute approximate surface area is 73.2 Å². The van der Waals surface area contributed by atoms with Gasteiger partial charge in [-0.25, -0.2) is 0 Å². The van der Waals surface area contributed by atoms with E-state index in [4.69, 9.17) is 0 Å². The van der Waals surface area contributed by atoms with Crippen LogP contribution in [-0.2, 0) is 4.79 Å². The molecule has 1 rings (SSSR count). The summed E-state index contributed by atoms with van der Waals surface area (Å²) in [4.78, 5) is 10.6. The highest BCUT2D eigenvalue weighted by Gasteiger charge is 2.18. The van der Waals surface area contributed by atoms with Gasteiger partial charge in [-0.05, 0) is 31.6 Å². The Morgan fingerprint density at radius 2 is 2.00 bits per heavy atom. The number of aliphatic hydroxyl groups is 1. The molecule has 0 saturated heterocycles. The van der Waals surface area contributed by atoms with Gasteiger partial charge in [0.15, 0.2) is 0 Å². The first-order chi connectivity index (χ1) is 5.68. The molecule has 0 spiro atoms. The zero-order valence-electron chi connectivity index (χ0n) is 7.55. The van der Waals surface area contributed by atoms with Crippen LogP contribution in [0, 0.1) is 5.92 Å². The predicted octanol–water partition coefficient (Wildman–Crippen LogP) is 0.674. The molecule has 0 unspecified atom stereocenters. The van der Waals surface area contributed by atoms with Gasteiger partial charge in [0.25, 0.3) is 0 Å². The molecule has 3 nitrogen and oxygen atoms in total. The number of hydrogen-bond acceptors (Lipinski definition) is 2. The van der Waals surface area contributed by atoms with E-state index in [1.807, 2.05) is 0 Å². The van der Waals surface area contributed by atoms with Crippen molar-refractivity contribution in [3.05, 3.63) is 0 Å². The van der Waals surface area contributed by atoms with Crippen LogP contribution in [0.5, 0.6) is 0 Å². The normalized spacial score (nSPS) is 29.8. The molecule has 0 radical (unpaired) electrons. The molecule has 1 saturated carbocycles. The highest BCUT2D eigenvalue weighted by atomic mass is 16.3. The number of aliphatic hydroxyl groups excluding tert-OH is 1. The van der Waals surface area contributed by atoms with E-state index >= 15 is 0 Å². The summed E-state index contributed by atoms with van der Waals surface area (Å²) in [6.07, 6.45) is 3.77. The Balaban J connectivity index is 2.13. The van der Waals surface area contributed by atoms with Crippen LogP contribution in [0.4, 0.5) is 0 Å². The van der Waals surface area contributed by atoms with E-state index in [-0.39, 0.29) is 12.0 Å². The first-order valence-corrected chi connectivity index (χ1v) is 4.61. The third kappa shape index (κ3) is 3.22. The number of carbonyl (C=O) groups is 1. The molecule has 0 aromatic carbocycles. The first kappa shape index (κ1) is 9.52. The second-order valence-electron chi connectivity index (χ2n) is 3.61. The van der Waals surface area contributed by atoms with Gasteiger partial charge in [-0.2, -0.15) is 0 Å². The molecule has 70 valence electrons. The van der Waals surface area contributed by atoms with E-state index in [2.05, 4.69) is 5.32 Å². The minimum Gasteiger partial charge on any atom is -0.393 e. The summed E-state index contributed by atoms with van der Waals surface area (Å²) >= 11 is 0. The smallest absolute Gasteiger partial charge is 0.216 e. The number of carbonyl (C=O) groups excluding carboxylic acids is 1. The Kier molecular flexibility index (Phi) is 3.53. The Bertz CT molecular complexity index is 151. The largest absolute Gasteiger partial charge is 0.393 e. The zero-order chi connectivity index (χ0) is 8.97. The van der Waals surface area contributed by atoms with Gasteiger partial charge >= 0.3 is 0 Å². The van der Waals surface area contributed by atoms with Gasteiger partial charge in [-0.1, -0.05) is 0 Å². The van der Waals surface area contributed by atoms with Crippen LogP contribution in [0.1, 0.15) is 32.6 Å². The fourth-order valence-corrected chi connectivity index (χ4v) is 1.64. The quantitative estimate of drug-likeness (QED) is 0.641. The summed E-state index contributed by atoms with van der Waals surface area (Å²) in [7, 11) is 0. The maximum atomic E-state index is 10.6. The average molecular weight is 171 g/mol. The van der Waals surface area contributed by atoms with Gasteiger partial charge in [0.1, 0.15) is 0 Å². The molecule has 1 fully saturated rings. The summed E-state index contributed by atoms with van der Waals surface area (Å²) in [5.41, 5.74) is 0. The molecule has 0 bridgehead atoms. The summed E-state index contributed by atoms with van der Waals surface area (Å²) in [5.74, 6) is 0.624. The molecule has 0 aliphatic heterocycles. The molecular weight excluding hydrogens is 154 g/mol. The van der Waals surface area contributed by atoms with E-state index < -0.39 is 0 Å². The van der Waals surface area contributed by atoms with Crippen LogP contribution in [0.2, 0.25) is 0 Å². The highest BCUT2D eigenvalue weighted by Crippen LogP contribution is 2.23. The molecular formula is C9H17NO2. The van der Waals surface area contributed by atoms with E-state index in [0.717, 1.165) is 32.2 Å². The molecule has 0 aromatic rings. The van der Waals surface area contributed by atoms with Gasteiger partial charge in [0.05, 0.1) is 6.10 Å². The zero-order valence-corrected chi connectivity index (χ0v) is 7.55. The molecule has 1 amide bonds. The number of nitrogens with one attached hydrogen (secondary N) is 1. The molecule has 0 aromatic heterocycles. The molecule has 12 heavy (non-hydrogen) atoms. The number of amides is 1.